The van der Waals surface area contributed by atoms with Crippen LogP contribution in [0.3, 0.4) is 0 Å². The maximum absolute atomic E-state index is 11.1. The molecule has 2 atom stereocenters. The van der Waals surface area contributed by atoms with E-state index in [0.717, 1.165) is 18.5 Å². The van der Waals surface area contributed by atoms with Gasteiger partial charge in [0, 0.05) is 16.8 Å². The normalized spacial score (nSPS) is 22.4. The molecule has 19 heavy (non-hydrogen) atoms. The lowest BCUT2D eigenvalue weighted by Gasteiger charge is -2.33. The van der Waals surface area contributed by atoms with Gasteiger partial charge in [-0.25, -0.2) is 0 Å². The van der Waals surface area contributed by atoms with Crippen LogP contribution in [0.2, 0.25) is 5.02 Å². The van der Waals surface area contributed by atoms with Crippen molar-refractivity contribution in [3.05, 3.63) is 29.3 Å². The van der Waals surface area contributed by atoms with Gasteiger partial charge in [0.05, 0.1) is 0 Å². The van der Waals surface area contributed by atoms with Gasteiger partial charge in [-0.3, -0.25) is 4.79 Å². The topological polar surface area (TPSA) is 40.5 Å². The van der Waals surface area contributed by atoms with Gasteiger partial charge in [-0.05, 0) is 37.0 Å². The van der Waals surface area contributed by atoms with Crippen LogP contribution in [0, 0.1) is 5.92 Å². The standard InChI is InChI=1S/C15H20ClNO2/c1-2-11-5-3-8-14(11)17(10-15(18)19)13-7-4-6-12(16)9-13/h4,6-7,9,11,14H,2-3,5,8,10H2,1H3,(H,18,19). The van der Waals surface area contributed by atoms with Crippen LogP contribution < -0.4 is 4.90 Å². The predicted octanol–water partition coefficient (Wildman–Crippen LogP) is 3.81. The zero-order valence-electron chi connectivity index (χ0n) is 11.2. The van der Waals surface area contributed by atoms with E-state index in [2.05, 4.69) is 6.92 Å². The molecule has 2 unspecified atom stereocenters. The Bertz CT molecular complexity index is 450. The van der Waals surface area contributed by atoms with E-state index in [-0.39, 0.29) is 6.54 Å². The lowest BCUT2D eigenvalue weighted by atomic mass is 9.98. The molecule has 2 rings (SSSR count). The Morgan fingerprint density at radius 2 is 2.26 bits per heavy atom. The minimum Gasteiger partial charge on any atom is -0.480 e. The molecule has 0 saturated heterocycles. The smallest absolute Gasteiger partial charge is 0.323 e. The predicted molar refractivity (Wildman–Crippen MR) is 77.9 cm³/mol. The lowest BCUT2D eigenvalue weighted by Crippen LogP contribution is -2.41. The van der Waals surface area contributed by atoms with Gasteiger partial charge in [0.25, 0.3) is 0 Å². The van der Waals surface area contributed by atoms with E-state index in [1.807, 2.05) is 29.2 Å². The van der Waals surface area contributed by atoms with Crippen LogP contribution >= 0.6 is 11.6 Å². The number of aliphatic carboxylic acids is 1. The summed E-state index contributed by atoms with van der Waals surface area (Å²) in [5.74, 6) is -0.208. The number of carbonyl (C=O) groups is 1. The van der Waals surface area contributed by atoms with Crippen LogP contribution in [0.4, 0.5) is 5.69 Å². The Morgan fingerprint density at radius 3 is 2.89 bits per heavy atom. The Labute approximate surface area is 119 Å². The number of anilines is 1. The number of benzene rings is 1. The van der Waals surface area contributed by atoms with Crippen molar-refractivity contribution < 1.29 is 9.90 Å². The first-order valence-electron chi connectivity index (χ1n) is 6.85. The number of hydrogen-bond donors (Lipinski definition) is 1. The molecule has 4 heteroatoms. The van der Waals surface area contributed by atoms with Gasteiger partial charge in [-0.15, -0.1) is 0 Å². The number of rotatable bonds is 5. The molecule has 1 aliphatic rings. The van der Waals surface area contributed by atoms with Crippen LogP contribution in [0.5, 0.6) is 0 Å². The van der Waals surface area contributed by atoms with Crippen molar-refractivity contribution in [2.24, 2.45) is 5.92 Å². The molecule has 1 saturated carbocycles. The van der Waals surface area contributed by atoms with E-state index < -0.39 is 5.97 Å². The second-order valence-electron chi connectivity index (χ2n) is 5.17. The molecule has 0 heterocycles. The third-order valence-corrected chi connectivity index (χ3v) is 4.22. The highest BCUT2D eigenvalue weighted by atomic mass is 35.5. The molecule has 1 fully saturated rings. The summed E-state index contributed by atoms with van der Waals surface area (Å²) >= 11 is 6.03. The third-order valence-electron chi connectivity index (χ3n) is 3.99. The van der Waals surface area contributed by atoms with Gasteiger partial charge >= 0.3 is 5.97 Å². The fraction of sp³-hybridized carbons (Fsp3) is 0.533. The van der Waals surface area contributed by atoms with Crippen LogP contribution in [-0.4, -0.2) is 23.7 Å². The average molecular weight is 282 g/mol. The molecule has 0 bridgehead atoms. The fourth-order valence-electron chi connectivity index (χ4n) is 3.10. The number of halogens is 1. The summed E-state index contributed by atoms with van der Waals surface area (Å²) in [5, 5.41) is 9.81. The fourth-order valence-corrected chi connectivity index (χ4v) is 3.29. The molecule has 0 spiro atoms. The Hall–Kier alpha value is -1.22. The van der Waals surface area contributed by atoms with E-state index in [4.69, 9.17) is 16.7 Å². The zero-order chi connectivity index (χ0) is 13.8. The monoisotopic (exact) mass is 281 g/mol. The van der Waals surface area contributed by atoms with Crippen LogP contribution in [0.1, 0.15) is 32.6 Å². The van der Waals surface area contributed by atoms with Crippen molar-refractivity contribution in [2.75, 3.05) is 11.4 Å². The first-order valence-corrected chi connectivity index (χ1v) is 7.23. The van der Waals surface area contributed by atoms with Crippen molar-refractivity contribution in [2.45, 2.75) is 38.6 Å². The van der Waals surface area contributed by atoms with Crippen molar-refractivity contribution in [1.82, 2.24) is 0 Å². The average Bonchev–Trinajstić information content (AvgIpc) is 2.83. The summed E-state index contributed by atoms with van der Waals surface area (Å²) < 4.78 is 0. The first-order chi connectivity index (χ1) is 9.11. The first kappa shape index (κ1) is 14.2. The van der Waals surface area contributed by atoms with Crippen molar-refractivity contribution in [3.63, 3.8) is 0 Å². The van der Waals surface area contributed by atoms with E-state index in [0.29, 0.717) is 17.0 Å². The molecule has 1 N–H and O–H groups in total. The zero-order valence-corrected chi connectivity index (χ0v) is 11.9. The van der Waals surface area contributed by atoms with Crippen molar-refractivity contribution in [3.8, 4) is 0 Å². The molecule has 3 nitrogen and oxygen atoms in total. The van der Waals surface area contributed by atoms with Crippen LogP contribution in [-0.2, 0) is 4.79 Å². The second-order valence-corrected chi connectivity index (χ2v) is 5.60. The number of carboxylic acids is 1. The van der Waals surface area contributed by atoms with E-state index in [1.54, 1.807) is 0 Å². The maximum atomic E-state index is 11.1. The van der Waals surface area contributed by atoms with E-state index in [1.165, 1.54) is 12.8 Å². The molecule has 1 aliphatic carbocycles. The summed E-state index contributed by atoms with van der Waals surface area (Å²) in [7, 11) is 0. The van der Waals surface area contributed by atoms with Gasteiger partial charge in [0.15, 0.2) is 0 Å². The Kier molecular flexibility index (Phi) is 4.70. The van der Waals surface area contributed by atoms with Gasteiger partial charge in [-0.2, -0.15) is 0 Å². The van der Waals surface area contributed by atoms with Gasteiger partial charge < -0.3 is 10.0 Å². The maximum Gasteiger partial charge on any atom is 0.323 e. The molecule has 0 aromatic heterocycles. The number of carboxylic acid groups (broad SMARTS) is 1. The molecule has 1 aromatic carbocycles. The molecule has 0 aliphatic heterocycles. The van der Waals surface area contributed by atoms with Crippen LogP contribution in [0.25, 0.3) is 0 Å². The molecular formula is C15H20ClNO2. The third kappa shape index (κ3) is 3.41. The summed E-state index contributed by atoms with van der Waals surface area (Å²) in [4.78, 5) is 13.2. The summed E-state index contributed by atoms with van der Waals surface area (Å²) in [6.07, 6.45) is 4.54. The van der Waals surface area contributed by atoms with E-state index >= 15 is 0 Å². The SMILES string of the molecule is CCC1CCCC1N(CC(=O)O)c1cccc(Cl)c1. The quantitative estimate of drug-likeness (QED) is 0.892. The van der Waals surface area contributed by atoms with Crippen LogP contribution in [0.15, 0.2) is 24.3 Å². The van der Waals surface area contributed by atoms with Crippen molar-refractivity contribution >= 4 is 23.3 Å². The molecule has 0 radical (unpaired) electrons. The van der Waals surface area contributed by atoms with Gasteiger partial charge in [0.2, 0.25) is 0 Å². The lowest BCUT2D eigenvalue weighted by molar-refractivity contribution is -0.135. The number of hydrogen-bond acceptors (Lipinski definition) is 2. The highest BCUT2D eigenvalue weighted by Crippen LogP contribution is 2.35. The van der Waals surface area contributed by atoms with Gasteiger partial charge in [-0.1, -0.05) is 37.4 Å². The Balaban J connectivity index is 2.27. The largest absolute Gasteiger partial charge is 0.480 e. The highest BCUT2D eigenvalue weighted by Gasteiger charge is 2.32. The minimum atomic E-state index is -0.790. The Morgan fingerprint density at radius 1 is 1.47 bits per heavy atom. The molecule has 0 amide bonds. The second kappa shape index (κ2) is 6.29. The summed E-state index contributed by atoms with van der Waals surface area (Å²) in [5.41, 5.74) is 0.917. The number of nitrogens with zero attached hydrogens (tertiary/aromatic N) is 1. The van der Waals surface area contributed by atoms with Crippen molar-refractivity contribution in [1.29, 1.82) is 0 Å². The molecular weight excluding hydrogens is 262 g/mol. The van der Waals surface area contributed by atoms with Gasteiger partial charge in [0.1, 0.15) is 6.54 Å². The summed E-state index contributed by atoms with van der Waals surface area (Å²) in [6, 6.07) is 7.81. The van der Waals surface area contributed by atoms with E-state index in [9.17, 15) is 4.79 Å². The molecule has 104 valence electrons. The highest BCUT2D eigenvalue weighted by molar-refractivity contribution is 6.30. The summed E-state index contributed by atoms with van der Waals surface area (Å²) in [6.45, 7) is 2.22. The molecule has 1 aromatic rings. The minimum absolute atomic E-state index is 0.0432.